The summed E-state index contributed by atoms with van der Waals surface area (Å²) >= 11 is 1.67. The molecule has 0 aromatic carbocycles. The van der Waals surface area contributed by atoms with Gasteiger partial charge in [0.15, 0.2) is 5.16 Å². The van der Waals surface area contributed by atoms with E-state index in [2.05, 4.69) is 38.6 Å². The van der Waals surface area contributed by atoms with E-state index in [9.17, 15) is 0 Å². The molecule has 6 nitrogen and oxygen atoms in total. The van der Waals surface area contributed by atoms with Crippen LogP contribution in [0.5, 0.6) is 0 Å². The second-order valence-corrected chi connectivity index (χ2v) is 6.30. The molecule has 2 heterocycles. The van der Waals surface area contributed by atoms with Crippen molar-refractivity contribution in [2.24, 2.45) is 5.73 Å². The molecule has 114 valence electrons. The number of hydrogen-bond acceptors (Lipinski definition) is 5. The maximum atomic E-state index is 5.67. The Morgan fingerprint density at radius 2 is 2.14 bits per heavy atom. The van der Waals surface area contributed by atoms with Gasteiger partial charge in [0.05, 0.1) is 18.3 Å². The number of thioether (sulfide) groups is 1. The van der Waals surface area contributed by atoms with Crippen LogP contribution in [0.25, 0.3) is 0 Å². The van der Waals surface area contributed by atoms with E-state index in [0.717, 1.165) is 29.0 Å². The molecule has 21 heavy (non-hydrogen) atoms. The van der Waals surface area contributed by atoms with E-state index >= 15 is 0 Å². The fourth-order valence-electron chi connectivity index (χ4n) is 2.86. The average Bonchev–Trinajstić information content (AvgIpc) is 3.23. The molecule has 1 fully saturated rings. The second-order valence-electron chi connectivity index (χ2n) is 5.36. The van der Waals surface area contributed by atoms with Crippen LogP contribution in [0, 0.1) is 0 Å². The summed E-state index contributed by atoms with van der Waals surface area (Å²) in [7, 11) is 0. The van der Waals surface area contributed by atoms with E-state index in [-0.39, 0.29) is 0 Å². The molecular formula is C14H22N6S. The highest BCUT2D eigenvalue weighted by molar-refractivity contribution is 7.98. The Kier molecular flexibility index (Phi) is 4.60. The summed E-state index contributed by atoms with van der Waals surface area (Å²) in [6.45, 7) is 3.36. The van der Waals surface area contributed by atoms with Crippen molar-refractivity contribution in [2.45, 2.75) is 62.6 Å². The number of nitrogens with zero attached hydrogens (tertiary/aromatic N) is 5. The lowest BCUT2D eigenvalue weighted by atomic mass is 10.3. The van der Waals surface area contributed by atoms with Crippen molar-refractivity contribution < 1.29 is 0 Å². The highest BCUT2D eigenvalue weighted by Crippen LogP contribution is 2.29. The van der Waals surface area contributed by atoms with Gasteiger partial charge in [-0.25, -0.2) is 0 Å². The Morgan fingerprint density at radius 3 is 2.86 bits per heavy atom. The molecular weight excluding hydrogens is 284 g/mol. The first-order chi connectivity index (χ1) is 10.3. The Bertz CT molecular complexity index is 584. The van der Waals surface area contributed by atoms with Gasteiger partial charge in [0.2, 0.25) is 0 Å². The van der Waals surface area contributed by atoms with Crippen LogP contribution in [-0.2, 0) is 18.8 Å². The first kappa shape index (κ1) is 14.6. The lowest BCUT2D eigenvalue weighted by Crippen LogP contribution is -2.08. The van der Waals surface area contributed by atoms with Crippen molar-refractivity contribution in [2.75, 3.05) is 0 Å². The zero-order chi connectivity index (χ0) is 14.7. The molecule has 0 atom stereocenters. The van der Waals surface area contributed by atoms with E-state index in [1.54, 1.807) is 11.8 Å². The zero-order valence-corrected chi connectivity index (χ0v) is 13.2. The first-order valence-corrected chi connectivity index (χ1v) is 8.59. The van der Waals surface area contributed by atoms with Crippen molar-refractivity contribution in [3.63, 3.8) is 0 Å². The number of aromatic nitrogens is 5. The van der Waals surface area contributed by atoms with Gasteiger partial charge in [-0.05, 0) is 25.8 Å². The normalized spacial score (nSPS) is 15.9. The number of rotatable bonds is 6. The molecule has 0 unspecified atom stereocenters. The van der Waals surface area contributed by atoms with E-state index in [1.165, 1.54) is 25.7 Å². The maximum Gasteiger partial charge on any atom is 0.191 e. The highest BCUT2D eigenvalue weighted by Gasteiger charge is 2.18. The first-order valence-electron chi connectivity index (χ1n) is 7.60. The summed E-state index contributed by atoms with van der Waals surface area (Å²) in [5.74, 6) is 1.67. The van der Waals surface area contributed by atoms with Gasteiger partial charge < -0.3 is 10.3 Å². The quantitative estimate of drug-likeness (QED) is 0.829. The van der Waals surface area contributed by atoms with Crippen LogP contribution in [0.3, 0.4) is 0 Å². The van der Waals surface area contributed by atoms with Crippen LogP contribution in [0.2, 0.25) is 0 Å². The van der Waals surface area contributed by atoms with E-state index in [4.69, 9.17) is 10.8 Å². The van der Waals surface area contributed by atoms with Gasteiger partial charge >= 0.3 is 0 Å². The summed E-state index contributed by atoms with van der Waals surface area (Å²) in [5, 5.41) is 14.0. The van der Waals surface area contributed by atoms with E-state index < -0.39 is 0 Å². The largest absolute Gasteiger partial charge is 0.324 e. The summed E-state index contributed by atoms with van der Waals surface area (Å²) < 4.78 is 4.21. The third kappa shape index (κ3) is 3.13. The minimum absolute atomic E-state index is 0.428. The Hall–Kier alpha value is -1.34. The minimum Gasteiger partial charge on any atom is -0.324 e. The van der Waals surface area contributed by atoms with Crippen LogP contribution in [0.15, 0.2) is 17.4 Å². The molecule has 2 aromatic heterocycles. The molecule has 0 amide bonds. The molecule has 2 aromatic rings. The summed E-state index contributed by atoms with van der Waals surface area (Å²) in [6.07, 6.45) is 7.30. The van der Waals surface area contributed by atoms with Gasteiger partial charge in [-0.3, -0.25) is 4.68 Å². The molecule has 1 saturated carbocycles. The fraction of sp³-hybridized carbons (Fsp3) is 0.643. The van der Waals surface area contributed by atoms with Gasteiger partial charge in [-0.2, -0.15) is 5.10 Å². The maximum absolute atomic E-state index is 5.67. The molecule has 2 N–H and O–H groups in total. The van der Waals surface area contributed by atoms with Gasteiger partial charge in [0, 0.05) is 18.5 Å². The molecule has 7 heteroatoms. The second kappa shape index (κ2) is 6.62. The van der Waals surface area contributed by atoms with Gasteiger partial charge in [-0.1, -0.05) is 24.6 Å². The molecule has 0 spiro atoms. The van der Waals surface area contributed by atoms with Crippen molar-refractivity contribution >= 4 is 11.8 Å². The topological polar surface area (TPSA) is 74.6 Å². The van der Waals surface area contributed by atoms with Crippen LogP contribution < -0.4 is 5.73 Å². The Labute approximate surface area is 129 Å². The van der Waals surface area contributed by atoms with E-state index in [1.807, 2.05) is 0 Å². The fourth-order valence-corrected chi connectivity index (χ4v) is 3.78. The molecule has 1 aliphatic rings. The SMILES string of the molecule is CCn1c(CN)nnc1SCc1ccn(C2CCCC2)n1. The van der Waals surface area contributed by atoms with Gasteiger partial charge in [0.1, 0.15) is 5.82 Å². The van der Waals surface area contributed by atoms with Crippen LogP contribution in [0.1, 0.15) is 50.2 Å². The number of nitrogens with two attached hydrogens (primary N) is 1. The molecule has 0 radical (unpaired) electrons. The Morgan fingerprint density at radius 1 is 1.33 bits per heavy atom. The summed E-state index contributed by atoms with van der Waals surface area (Å²) in [6, 6.07) is 2.72. The van der Waals surface area contributed by atoms with Crippen molar-refractivity contribution in [3.8, 4) is 0 Å². The van der Waals surface area contributed by atoms with Gasteiger partial charge in [-0.15, -0.1) is 10.2 Å². The highest BCUT2D eigenvalue weighted by atomic mass is 32.2. The van der Waals surface area contributed by atoms with E-state index in [0.29, 0.717) is 12.6 Å². The molecule has 0 saturated heterocycles. The zero-order valence-electron chi connectivity index (χ0n) is 12.4. The standard InChI is InChI=1S/C14H22N6S/c1-2-19-13(9-15)16-17-14(19)21-10-11-7-8-20(18-11)12-5-3-4-6-12/h7-8,12H,2-6,9-10,15H2,1H3. The van der Waals surface area contributed by atoms with Crippen LogP contribution in [-0.4, -0.2) is 24.5 Å². The summed E-state index contributed by atoms with van der Waals surface area (Å²) in [4.78, 5) is 0. The third-order valence-electron chi connectivity index (χ3n) is 4.00. The smallest absolute Gasteiger partial charge is 0.191 e. The van der Waals surface area contributed by atoms with Crippen molar-refractivity contribution in [3.05, 3.63) is 23.8 Å². The predicted molar refractivity (Wildman–Crippen MR) is 82.9 cm³/mol. The van der Waals surface area contributed by atoms with Gasteiger partial charge in [0.25, 0.3) is 0 Å². The number of hydrogen-bond donors (Lipinski definition) is 1. The van der Waals surface area contributed by atoms with Crippen molar-refractivity contribution in [1.82, 2.24) is 24.5 Å². The molecule has 0 aliphatic heterocycles. The lowest BCUT2D eigenvalue weighted by Gasteiger charge is -2.08. The molecule has 1 aliphatic carbocycles. The van der Waals surface area contributed by atoms with Crippen LogP contribution >= 0.6 is 11.8 Å². The monoisotopic (exact) mass is 306 g/mol. The Balaban J connectivity index is 1.63. The molecule has 0 bridgehead atoms. The lowest BCUT2D eigenvalue weighted by molar-refractivity contribution is 0.464. The van der Waals surface area contributed by atoms with Crippen molar-refractivity contribution in [1.29, 1.82) is 0 Å². The third-order valence-corrected chi connectivity index (χ3v) is 5.00. The summed E-state index contributed by atoms with van der Waals surface area (Å²) in [5.41, 5.74) is 6.78. The molecule has 3 rings (SSSR count). The van der Waals surface area contributed by atoms with Crippen LogP contribution in [0.4, 0.5) is 0 Å². The minimum atomic E-state index is 0.428. The average molecular weight is 306 g/mol. The predicted octanol–water partition coefficient (Wildman–Crippen LogP) is 2.36.